The monoisotopic (exact) mass is 224 g/mol. The minimum atomic E-state index is -0.204. The van der Waals surface area contributed by atoms with E-state index in [-0.39, 0.29) is 5.82 Å². The van der Waals surface area contributed by atoms with Crippen molar-refractivity contribution in [1.82, 2.24) is 0 Å². The van der Waals surface area contributed by atoms with Crippen molar-refractivity contribution >= 4 is 11.6 Å². The molecule has 0 amide bonds. The van der Waals surface area contributed by atoms with Crippen LogP contribution in [0.25, 0.3) is 0 Å². The molecular formula is C13H14ClF. The lowest BCUT2D eigenvalue weighted by Gasteiger charge is -1.96. The highest BCUT2D eigenvalue weighted by Gasteiger charge is 1.92. The molecule has 0 aliphatic rings. The summed E-state index contributed by atoms with van der Waals surface area (Å²) in [6, 6.07) is 6.48. The normalized spacial score (nSPS) is 10.7. The Kier molecular flexibility index (Phi) is 4.57. The van der Waals surface area contributed by atoms with E-state index in [9.17, 15) is 4.39 Å². The van der Waals surface area contributed by atoms with Crippen molar-refractivity contribution in [3.63, 3.8) is 0 Å². The van der Waals surface area contributed by atoms with E-state index in [4.69, 9.17) is 11.6 Å². The first kappa shape index (κ1) is 12.0. The molecule has 0 bridgehead atoms. The molecule has 15 heavy (non-hydrogen) atoms. The third kappa shape index (κ3) is 4.30. The van der Waals surface area contributed by atoms with Gasteiger partial charge in [-0.05, 0) is 44.0 Å². The summed E-state index contributed by atoms with van der Waals surface area (Å²) in [7, 11) is 0. The summed E-state index contributed by atoms with van der Waals surface area (Å²) in [4.78, 5) is 0. The van der Waals surface area contributed by atoms with Gasteiger partial charge in [-0.25, -0.2) is 4.39 Å². The molecule has 0 N–H and O–H groups in total. The van der Waals surface area contributed by atoms with E-state index >= 15 is 0 Å². The molecule has 0 aliphatic heterocycles. The van der Waals surface area contributed by atoms with Gasteiger partial charge in [0.2, 0.25) is 0 Å². The Morgan fingerprint density at radius 2 is 1.87 bits per heavy atom. The van der Waals surface area contributed by atoms with Crippen LogP contribution in [0, 0.1) is 5.82 Å². The van der Waals surface area contributed by atoms with Gasteiger partial charge >= 0.3 is 0 Å². The first-order valence-corrected chi connectivity index (χ1v) is 5.21. The summed E-state index contributed by atoms with van der Waals surface area (Å²) in [5, 5.41) is 0.761. The zero-order valence-electron chi connectivity index (χ0n) is 8.93. The minimum Gasteiger partial charge on any atom is -0.207 e. The second-order valence-electron chi connectivity index (χ2n) is 3.58. The van der Waals surface area contributed by atoms with Crippen LogP contribution < -0.4 is 0 Å². The highest BCUT2D eigenvalue weighted by Crippen LogP contribution is 2.11. The van der Waals surface area contributed by atoms with E-state index in [1.54, 1.807) is 12.1 Å². The molecule has 0 aliphatic carbocycles. The van der Waals surface area contributed by atoms with Gasteiger partial charge in [-0.1, -0.05) is 35.4 Å². The smallest absolute Gasteiger partial charge is 0.123 e. The maximum Gasteiger partial charge on any atom is 0.123 e. The highest BCUT2D eigenvalue weighted by atomic mass is 35.5. The number of halogens is 2. The Bertz CT molecular complexity index is 370. The van der Waals surface area contributed by atoms with Crippen molar-refractivity contribution in [2.45, 2.75) is 20.3 Å². The van der Waals surface area contributed by atoms with Crippen LogP contribution in [0.2, 0.25) is 0 Å². The first-order chi connectivity index (χ1) is 7.09. The maximum absolute atomic E-state index is 12.6. The zero-order chi connectivity index (χ0) is 11.3. The number of benzene rings is 1. The molecule has 0 saturated heterocycles. The largest absolute Gasteiger partial charge is 0.207 e. The van der Waals surface area contributed by atoms with Crippen LogP contribution in [0.15, 0.2) is 47.0 Å². The molecule has 0 radical (unpaired) electrons. The third-order valence-electron chi connectivity index (χ3n) is 2.01. The molecule has 1 aromatic rings. The molecule has 80 valence electrons. The van der Waals surface area contributed by atoms with Gasteiger partial charge in [-0.3, -0.25) is 0 Å². The topological polar surface area (TPSA) is 0 Å². The van der Waals surface area contributed by atoms with Gasteiger partial charge < -0.3 is 0 Å². The first-order valence-electron chi connectivity index (χ1n) is 4.83. The van der Waals surface area contributed by atoms with Crippen LogP contribution in [0.4, 0.5) is 4.39 Å². The SMILES string of the molecule is CC(C)=C(Cl)/C=C/Cc1ccc(F)cc1. The Balaban J connectivity index is 2.58. The summed E-state index contributed by atoms with van der Waals surface area (Å²) >= 11 is 5.94. The Labute approximate surface area is 95.1 Å². The Morgan fingerprint density at radius 1 is 1.27 bits per heavy atom. The molecule has 0 nitrogen and oxygen atoms in total. The van der Waals surface area contributed by atoms with Crippen LogP contribution in [-0.2, 0) is 6.42 Å². The van der Waals surface area contributed by atoms with Gasteiger partial charge in [-0.15, -0.1) is 0 Å². The summed E-state index contributed by atoms with van der Waals surface area (Å²) in [6.45, 7) is 3.93. The van der Waals surface area contributed by atoms with Crippen LogP contribution >= 0.6 is 11.6 Å². The predicted octanol–water partition coefficient (Wildman–Crippen LogP) is 4.46. The van der Waals surface area contributed by atoms with Gasteiger partial charge in [0.05, 0.1) is 0 Å². The molecule has 0 saturated carbocycles. The fourth-order valence-corrected chi connectivity index (χ4v) is 1.17. The molecule has 0 fully saturated rings. The molecule has 0 heterocycles. The van der Waals surface area contributed by atoms with Gasteiger partial charge in [0.1, 0.15) is 5.82 Å². The van der Waals surface area contributed by atoms with Crippen LogP contribution in [-0.4, -0.2) is 0 Å². The van der Waals surface area contributed by atoms with E-state index < -0.39 is 0 Å². The van der Waals surface area contributed by atoms with Crippen molar-refractivity contribution < 1.29 is 4.39 Å². The standard InChI is InChI=1S/C13H14ClF/c1-10(2)13(14)5-3-4-11-6-8-12(15)9-7-11/h3,5-9H,4H2,1-2H3/b5-3+. The van der Waals surface area contributed by atoms with Crippen LogP contribution in [0.1, 0.15) is 19.4 Å². The molecule has 2 heteroatoms. The van der Waals surface area contributed by atoms with Gasteiger partial charge in [0.15, 0.2) is 0 Å². The number of hydrogen-bond donors (Lipinski definition) is 0. The van der Waals surface area contributed by atoms with Gasteiger partial charge in [-0.2, -0.15) is 0 Å². The molecule has 0 atom stereocenters. The quantitative estimate of drug-likeness (QED) is 0.665. The summed E-state index contributed by atoms with van der Waals surface area (Å²) < 4.78 is 12.6. The Hall–Kier alpha value is -1.08. The second-order valence-corrected chi connectivity index (χ2v) is 3.99. The summed E-state index contributed by atoms with van der Waals surface area (Å²) in [6.07, 6.45) is 4.62. The average Bonchev–Trinajstić information content (AvgIpc) is 2.20. The highest BCUT2D eigenvalue weighted by molar-refractivity contribution is 6.31. The fraction of sp³-hybridized carbons (Fsp3) is 0.231. The second kappa shape index (κ2) is 5.72. The lowest BCUT2D eigenvalue weighted by Crippen LogP contribution is -1.81. The predicted molar refractivity (Wildman–Crippen MR) is 63.5 cm³/mol. The van der Waals surface area contributed by atoms with Crippen molar-refractivity contribution in [3.05, 3.63) is 58.4 Å². The number of allylic oxidation sites excluding steroid dienone is 4. The molecule has 0 aromatic heterocycles. The molecule has 1 rings (SSSR count). The van der Waals surface area contributed by atoms with Crippen molar-refractivity contribution in [3.8, 4) is 0 Å². The number of rotatable bonds is 3. The van der Waals surface area contributed by atoms with E-state index in [0.717, 1.165) is 22.6 Å². The average molecular weight is 225 g/mol. The lowest BCUT2D eigenvalue weighted by molar-refractivity contribution is 0.627. The third-order valence-corrected chi connectivity index (χ3v) is 2.51. The number of hydrogen-bond acceptors (Lipinski definition) is 0. The Morgan fingerprint density at radius 3 is 2.40 bits per heavy atom. The van der Waals surface area contributed by atoms with Crippen molar-refractivity contribution in [1.29, 1.82) is 0 Å². The molecule has 0 spiro atoms. The van der Waals surface area contributed by atoms with Crippen molar-refractivity contribution in [2.75, 3.05) is 0 Å². The summed E-state index contributed by atoms with van der Waals surface area (Å²) in [5.41, 5.74) is 2.16. The van der Waals surface area contributed by atoms with Gasteiger partial charge in [0, 0.05) is 5.03 Å². The summed E-state index contributed by atoms with van der Waals surface area (Å²) in [5.74, 6) is -0.204. The zero-order valence-corrected chi connectivity index (χ0v) is 9.68. The van der Waals surface area contributed by atoms with Crippen LogP contribution in [0.3, 0.4) is 0 Å². The minimum absolute atomic E-state index is 0.204. The van der Waals surface area contributed by atoms with E-state index in [0.29, 0.717) is 0 Å². The van der Waals surface area contributed by atoms with Crippen LogP contribution in [0.5, 0.6) is 0 Å². The van der Waals surface area contributed by atoms with Crippen molar-refractivity contribution in [2.24, 2.45) is 0 Å². The van der Waals surface area contributed by atoms with E-state index in [1.807, 2.05) is 26.0 Å². The lowest BCUT2D eigenvalue weighted by atomic mass is 10.1. The fourth-order valence-electron chi connectivity index (χ4n) is 1.09. The van der Waals surface area contributed by atoms with E-state index in [2.05, 4.69) is 0 Å². The van der Waals surface area contributed by atoms with Gasteiger partial charge in [0.25, 0.3) is 0 Å². The molecular weight excluding hydrogens is 211 g/mol. The molecule has 1 aromatic carbocycles. The van der Waals surface area contributed by atoms with E-state index in [1.165, 1.54) is 12.1 Å². The maximum atomic E-state index is 12.6. The molecule has 0 unspecified atom stereocenters.